The lowest BCUT2D eigenvalue weighted by Gasteiger charge is -2.40. The lowest BCUT2D eigenvalue weighted by Crippen LogP contribution is -2.43. The predicted molar refractivity (Wildman–Crippen MR) is 96.6 cm³/mol. The van der Waals surface area contributed by atoms with Crippen molar-refractivity contribution in [3.05, 3.63) is 0 Å². The van der Waals surface area contributed by atoms with E-state index in [1.54, 1.807) is 0 Å². The van der Waals surface area contributed by atoms with Gasteiger partial charge in [0.1, 0.15) is 0 Å². The van der Waals surface area contributed by atoms with E-state index in [1.807, 2.05) is 0 Å². The summed E-state index contributed by atoms with van der Waals surface area (Å²) in [6, 6.07) is 1.49. The van der Waals surface area contributed by atoms with Crippen LogP contribution in [0.5, 0.6) is 0 Å². The van der Waals surface area contributed by atoms with Crippen LogP contribution in [0.2, 0.25) is 0 Å². The molecule has 0 N–H and O–H groups in total. The average molecular weight is 320 g/mol. The molecule has 1 spiro atoms. The van der Waals surface area contributed by atoms with E-state index in [9.17, 15) is 0 Å². The van der Waals surface area contributed by atoms with Gasteiger partial charge in [-0.25, -0.2) is 0 Å². The van der Waals surface area contributed by atoms with Crippen LogP contribution in [0.25, 0.3) is 0 Å². The Hall–Kier alpha value is -0.120. The van der Waals surface area contributed by atoms with Crippen LogP contribution in [0.4, 0.5) is 0 Å². The third kappa shape index (κ3) is 3.09. The zero-order chi connectivity index (χ0) is 16.2. The van der Waals surface area contributed by atoms with Gasteiger partial charge in [0.2, 0.25) is 0 Å². The second-order valence-electron chi connectivity index (χ2n) is 9.65. The molecule has 0 radical (unpaired) electrons. The molecule has 1 aliphatic carbocycles. The minimum Gasteiger partial charge on any atom is -0.303 e. The van der Waals surface area contributed by atoms with Crippen molar-refractivity contribution in [3.8, 4) is 0 Å². The third-order valence-corrected chi connectivity index (χ3v) is 7.71. The molecule has 0 aromatic rings. The monoisotopic (exact) mass is 319 g/mol. The van der Waals surface area contributed by atoms with Crippen molar-refractivity contribution in [1.29, 1.82) is 0 Å². The highest BCUT2D eigenvalue weighted by Gasteiger charge is 2.56. The van der Waals surface area contributed by atoms with Gasteiger partial charge in [-0.05, 0) is 89.8 Å². The number of likely N-dealkylation sites (tertiary alicyclic amines) is 3. The summed E-state index contributed by atoms with van der Waals surface area (Å²) in [4.78, 5) is 8.21. The number of piperidine rings is 2. The molecule has 0 bridgehead atoms. The number of fused-ring (bicyclic) bond motifs is 1. The summed E-state index contributed by atoms with van der Waals surface area (Å²) in [5, 5.41) is 0. The van der Waals surface area contributed by atoms with Gasteiger partial charge in [0.15, 0.2) is 0 Å². The first-order chi connectivity index (χ1) is 11.0. The molecule has 3 heteroatoms. The molecule has 2 atom stereocenters. The Morgan fingerprint density at radius 1 is 0.826 bits per heavy atom. The van der Waals surface area contributed by atoms with Gasteiger partial charge in [0.25, 0.3) is 0 Å². The Labute approximate surface area is 143 Å². The van der Waals surface area contributed by atoms with Gasteiger partial charge < -0.3 is 14.7 Å². The quantitative estimate of drug-likeness (QED) is 0.789. The Bertz CT molecular complexity index is 413. The molecule has 3 saturated heterocycles. The zero-order valence-electron chi connectivity index (χ0n) is 15.8. The highest BCUT2D eigenvalue weighted by molar-refractivity contribution is 5.07. The molecule has 3 aliphatic heterocycles. The van der Waals surface area contributed by atoms with Crippen LogP contribution >= 0.6 is 0 Å². The second kappa shape index (κ2) is 6.00. The van der Waals surface area contributed by atoms with Crippen molar-refractivity contribution in [2.75, 3.05) is 45.8 Å². The van der Waals surface area contributed by atoms with Crippen LogP contribution in [0.15, 0.2) is 0 Å². The molecule has 4 aliphatic rings. The van der Waals surface area contributed by atoms with Gasteiger partial charge >= 0.3 is 0 Å². The number of hydrogen-bond donors (Lipinski definition) is 0. The standard InChI is InChI=1S/C20H37N3/c1-15(2)22-10-7-20(14-22)5-8-21(9-6-20)11-17-18-12-23(16(3)4)13-19(17)18/h15-19H,5-14H2,1-4H3. The first-order valence-corrected chi connectivity index (χ1v) is 10.2. The Balaban J connectivity index is 1.22. The molecule has 1 saturated carbocycles. The van der Waals surface area contributed by atoms with Crippen LogP contribution in [-0.4, -0.2) is 72.6 Å². The molecule has 23 heavy (non-hydrogen) atoms. The van der Waals surface area contributed by atoms with E-state index in [0.29, 0.717) is 5.41 Å². The molecule has 2 unspecified atom stereocenters. The second-order valence-corrected chi connectivity index (χ2v) is 9.65. The van der Waals surface area contributed by atoms with Gasteiger partial charge in [-0.1, -0.05) is 0 Å². The topological polar surface area (TPSA) is 9.72 Å². The highest BCUT2D eigenvalue weighted by atomic mass is 15.2. The molecule has 3 nitrogen and oxygen atoms in total. The average Bonchev–Trinajstić information content (AvgIpc) is 2.92. The Morgan fingerprint density at radius 3 is 1.91 bits per heavy atom. The van der Waals surface area contributed by atoms with Crippen molar-refractivity contribution >= 4 is 0 Å². The molecular weight excluding hydrogens is 282 g/mol. The number of rotatable bonds is 4. The summed E-state index contributed by atoms with van der Waals surface area (Å²) in [5.74, 6) is 3.11. The Kier molecular flexibility index (Phi) is 4.26. The van der Waals surface area contributed by atoms with Crippen LogP contribution in [0, 0.1) is 23.2 Å². The highest BCUT2D eigenvalue weighted by Crippen LogP contribution is 2.53. The van der Waals surface area contributed by atoms with Crippen molar-refractivity contribution in [2.24, 2.45) is 23.2 Å². The van der Waals surface area contributed by atoms with E-state index in [2.05, 4.69) is 42.4 Å². The minimum atomic E-state index is 0.675. The van der Waals surface area contributed by atoms with E-state index < -0.39 is 0 Å². The minimum absolute atomic E-state index is 0.675. The fraction of sp³-hybridized carbons (Fsp3) is 1.00. The fourth-order valence-corrected chi connectivity index (χ4v) is 5.70. The zero-order valence-corrected chi connectivity index (χ0v) is 15.8. The summed E-state index contributed by atoms with van der Waals surface area (Å²) in [6.07, 6.45) is 4.36. The molecule has 4 rings (SSSR count). The maximum absolute atomic E-state index is 2.81. The van der Waals surface area contributed by atoms with E-state index in [-0.39, 0.29) is 0 Å². The van der Waals surface area contributed by atoms with Crippen molar-refractivity contribution in [2.45, 2.75) is 59.0 Å². The SMILES string of the molecule is CC(C)N1CC2C(CN3CCC4(CC3)CCN(C(C)C)C4)C2C1. The van der Waals surface area contributed by atoms with Gasteiger partial charge in [0.05, 0.1) is 0 Å². The first-order valence-electron chi connectivity index (χ1n) is 10.2. The third-order valence-electron chi connectivity index (χ3n) is 7.71. The molecule has 3 heterocycles. The van der Waals surface area contributed by atoms with Gasteiger partial charge in [-0.2, -0.15) is 0 Å². The van der Waals surface area contributed by atoms with E-state index in [4.69, 9.17) is 0 Å². The van der Waals surface area contributed by atoms with E-state index in [0.717, 1.165) is 29.8 Å². The van der Waals surface area contributed by atoms with E-state index >= 15 is 0 Å². The summed E-state index contributed by atoms with van der Waals surface area (Å²) < 4.78 is 0. The van der Waals surface area contributed by atoms with Crippen LogP contribution in [-0.2, 0) is 0 Å². The summed E-state index contributed by atoms with van der Waals surface area (Å²) in [5.41, 5.74) is 0.675. The Morgan fingerprint density at radius 2 is 1.39 bits per heavy atom. The fourth-order valence-electron chi connectivity index (χ4n) is 5.70. The van der Waals surface area contributed by atoms with Gasteiger partial charge in [0, 0.05) is 38.3 Å². The molecule has 132 valence electrons. The van der Waals surface area contributed by atoms with Crippen LogP contribution in [0.1, 0.15) is 47.0 Å². The molecule has 0 aromatic heterocycles. The maximum atomic E-state index is 2.81. The number of nitrogens with zero attached hydrogens (tertiary/aromatic N) is 3. The van der Waals surface area contributed by atoms with E-state index in [1.165, 1.54) is 65.1 Å². The lowest BCUT2D eigenvalue weighted by molar-refractivity contribution is 0.0946. The molecule has 4 fully saturated rings. The summed E-state index contributed by atoms with van der Waals surface area (Å²) in [7, 11) is 0. The maximum Gasteiger partial charge on any atom is 0.00421 e. The lowest BCUT2D eigenvalue weighted by atomic mass is 9.77. The normalized spacial score (nSPS) is 38.1. The van der Waals surface area contributed by atoms with Gasteiger partial charge in [-0.3, -0.25) is 0 Å². The van der Waals surface area contributed by atoms with Crippen molar-refractivity contribution in [3.63, 3.8) is 0 Å². The summed E-state index contributed by atoms with van der Waals surface area (Å²) >= 11 is 0. The molecule has 0 amide bonds. The van der Waals surface area contributed by atoms with Crippen molar-refractivity contribution in [1.82, 2.24) is 14.7 Å². The molecular formula is C20H37N3. The smallest absolute Gasteiger partial charge is 0.00421 e. The van der Waals surface area contributed by atoms with Crippen LogP contribution in [0.3, 0.4) is 0 Å². The van der Waals surface area contributed by atoms with Crippen molar-refractivity contribution < 1.29 is 0 Å². The largest absolute Gasteiger partial charge is 0.303 e. The molecule has 0 aromatic carbocycles. The first kappa shape index (κ1) is 16.4. The summed E-state index contributed by atoms with van der Waals surface area (Å²) in [6.45, 7) is 19.1. The predicted octanol–water partition coefficient (Wildman–Crippen LogP) is 2.77. The van der Waals surface area contributed by atoms with Crippen LogP contribution < -0.4 is 0 Å². The van der Waals surface area contributed by atoms with Gasteiger partial charge in [-0.15, -0.1) is 0 Å². The number of hydrogen-bond acceptors (Lipinski definition) is 3.